The molecule has 3 heterocycles. The van der Waals surface area contributed by atoms with Crippen molar-refractivity contribution in [3.63, 3.8) is 0 Å². The number of piperidine rings is 1. The molecule has 2 fully saturated rings. The van der Waals surface area contributed by atoms with E-state index < -0.39 is 0 Å². The maximum Gasteiger partial charge on any atom is 0.261 e. The van der Waals surface area contributed by atoms with Crippen molar-refractivity contribution in [3.05, 3.63) is 21.9 Å². The Morgan fingerprint density at radius 2 is 2.17 bits per heavy atom. The zero-order valence-corrected chi connectivity index (χ0v) is 15.7. The summed E-state index contributed by atoms with van der Waals surface area (Å²) in [7, 11) is 0. The molecule has 3 rings (SSSR count). The van der Waals surface area contributed by atoms with Gasteiger partial charge in [0.05, 0.1) is 4.88 Å². The van der Waals surface area contributed by atoms with Gasteiger partial charge in [0.2, 0.25) is 0 Å². The number of carbonyl (C=O) groups is 1. The lowest BCUT2D eigenvalue weighted by Gasteiger charge is -2.37. The van der Waals surface area contributed by atoms with E-state index in [-0.39, 0.29) is 18.3 Å². The summed E-state index contributed by atoms with van der Waals surface area (Å²) in [5, 5.41) is 6.68. The largest absolute Gasteiger partial charge is 0.349 e. The van der Waals surface area contributed by atoms with Crippen LogP contribution < -0.4 is 10.6 Å². The zero-order chi connectivity index (χ0) is 15.6. The van der Waals surface area contributed by atoms with Crippen molar-refractivity contribution in [2.75, 3.05) is 32.7 Å². The van der Waals surface area contributed by atoms with Crippen molar-refractivity contribution in [3.8, 4) is 0 Å². The lowest BCUT2D eigenvalue weighted by atomic mass is 9.88. The van der Waals surface area contributed by atoms with Crippen LogP contribution in [0.1, 0.15) is 40.7 Å². The number of hydrogen-bond acceptors (Lipinski definition) is 4. The van der Waals surface area contributed by atoms with Crippen LogP contribution in [0, 0.1) is 12.3 Å². The van der Waals surface area contributed by atoms with Gasteiger partial charge in [0, 0.05) is 37.1 Å². The Bertz CT molecular complexity index is 520. The van der Waals surface area contributed by atoms with Gasteiger partial charge in [0.15, 0.2) is 0 Å². The lowest BCUT2D eigenvalue weighted by Crippen LogP contribution is -2.47. The van der Waals surface area contributed by atoms with Crippen LogP contribution in [0.3, 0.4) is 0 Å². The molecular formula is C17H28ClN3OS. The first kappa shape index (κ1) is 18.7. The number of thiophene rings is 1. The van der Waals surface area contributed by atoms with Crippen LogP contribution in [0.15, 0.2) is 12.1 Å². The topological polar surface area (TPSA) is 44.4 Å². The number of hydrogen-bond donors (Lipinski definition) is 2. The highest BCUT2D eigenvalue weighted by Gasteiger charge is 2.32. The molecule has 0 aliphatic carbocycles. The molecule has 4 nitrogen and oxygen atoms in total. The lowest BCUT2D eigenvalue weighted by molar-refractivity contribution is 0.0895. The third-order valence-electron chi connectivity index (χ3n) is 4.95. The van der Waals surface area contributed by atoms with Gasteiger partial charge in [-0.2, -0.15) is 0 Å². The van der Waals surface area contributed by atoms with Gasteiger partial charge in [0.1, 0.15) is 0 Å². The molecule has 1 amide bonds. The maximum absolute atomic E-state index is 12.2. The predicted molar refractivity (Wildman–Crippen MR) is 98.8 cm³/mol. The number of nitrogens with zero attached hydrogens (tertiary/aromatic N) is 1. The molecule has 1 unspecified atom stereocenters. The number of aryl methyl sites for hydroxylation is 1. The fourth-order valence-corrected chi connectivity index (χ4v) is 4.36. The third-order valence-corrected chi connectivity index (χ3v) is 5.95. The molecule has 0 aromatic carbocycles. The molecular weight excluding hydrogens is 330 g/mol. The summed E-state index contributed by atoms with van der Waals surface area (Å²) in [5.74, 6) is 0.100. The Labute approximate surface area is 149 Å². The minimum Gasteiger partial charge on any atom is -0.349 e. The molecule has 1 aromatic rings. The first-order valence-corrected chi connectivity index (χ1v) is 9.16. The van der Waals surface area contributed by atoms with Crippen LogP contribution in [0.5, 0.6) is 0 Å². The van der Waals surface area contributed by atoms with E-state index in [0.29, 0.717) is 11.5 Å². The number of amides is 1. The van der Waals surface area contributed by atoms with E-state index in [1.807, 2.05) is 19.1 Å². The van der Waals surface area contributed by atoms with Gasteiger partial charge in [-0.25, -0.2) is 0 Å². The monoisotopic (exact) mass is 357 g/mol. The van der Waals surface area contributed by atoms with Gasteiger partial charge in [0.25, 0.3) is 5.91 Å². The molecule has 1 atom stereocenters. The summed E-state index contributed by atoms with van der Waals surface area (Å²) < 4.78 is 0. The predicted octanol–water partition coefficient (Wildman–Crippen LogP) is 2.67. The van der Waals surface area contributed by atoms with Crippen molar-refractivity contribution in [1.82, 2.24) is 15.5 Å². The molecule has 0 bridgehead atoms. The molecule has 6 heteroatoms. The normalized spacial score (nSPS) is 26.0. The van der Waals surface area contributed by atoms with Gasteiger partial charge in [-0.15, -0.1) is 23.7 Å². The SMILES string of the molecule is Cc1ccc(C(=O)NC2CCN(CC3(C)CCNC3)CC2)s1.Cl. The summed E-state index contributed by atoms with van der Waals surface area (Å²) in [6, 6.07) is 4.28. The number of rotatable bonds is 4. The van der Waals surface area contributed by atoms with Crippen LogP contribution in [-0.4, -0.2) is 49.6 Å². The number of likely N-dealkylation sites (tertiary alicyclic amines) is 1. The summed E-state index contributed by atoms with van der Waals surface area (Å²) in [4.78, 5) is 16.8. The second kappa shape index (κ2) is 7.97. The minimum absolute atomic E-state index is 0. The number of halogens is 1. The molecule has 2 aliphatic rings. The van der Waals surface area contributed by atoms with E-state index in [4.69, 9.17) is 0 Å². The summed E-state index contributed by atoms with van der Waals surface area (Å²) in [5.41, 5.74) is 0.435. The van der Waals surface area contributed by atoms with Gasteiger partial charge in [-0.3, -0.25) is 4.79 Å². The fraction of sp³-hybridized carbons (Fsp3) is 0.706. The van der Waals surface area contributed by atoms with Crippen LogP contribution >= 0.6 is 23.7 Å². The Balaban J connectivity index is 0.00000192. The van der Waals surface area contributed by atoms with Crippen LogP contribution in [0.4, 0.5) is 0 Å². The van der Waals surface area contributed by atoms with Gasteiger partial charge in [-0.05, 0) is 50.3 Å². The number of nitrogens with one attached hydrogen (secondary N) is 2. The fourth-order valence-electron chi connectivity index (χ4n) is 3.59. The van der Waals surface area contributed by atoms with Crippen LogP contribution in [0.2, 0.25) is 0 Å². The van der Waals surface area contributed by atoms with E-state index in [1.54, 1.807) is 11.3 Å². The van der Waals surface area contributed by atoms with Crippen LogP contribution in [0.25, 0.3) is 0 Å². The minimum atomic E-state index is 0. The second-order valence-corrected chi connectivity index (χ2v) is 8.46. The third kappa shape index (κ3) is 4.92. The molecule has 0 radical (unpaired) electrons. The highest BCUT2D eigenvalue weighted by molar-refractivity contribution is 7.13. The quantitative estimate of drug-likeness (QED) is 0.870. The highest BCUT2D eigenvalue weighted by Crippen LogP contribution is 2.27. The Hall–Kier alpha value is -0.620. The van der Waals surface area contributed by atoms with Gasteiger partial charge in [-0.1, -0.05) is 6.92 Å². The highest BCUT2D eigenvalue weighted by atomic mass is 35.5. The Morgan fingerprint density at radius 1 is 1.43 bits per heavy atom. The molecule has 2 saturated heterocycles. The van der Waals surface area contributed by atoms with E-state index in [1.165, 1.54) is 17.8 Å². The number of carbonyl (C=O) groups excluding carboxylic acids is 1. The van der Waals surface area contributed by atoms with Crippen molar-refractivity contribution in [2.24, 2.45) is 5.41 Å². The van der Waals surface area contributed by atoms with Gasteiger partial charge < -0.3 is 15.5 Å². The van der Waals surface area contributed by atoms with E-state index in [9.17, 15) is 4.79 Å². The molecule has 0 spiro atoms. The van der Waals surface area contributed by atoms with Crippen molar-refractivity contribution >= 4 is 29.7 Å². The second-order valence-electron chi connectivity index (χ2n) is 7.17. The maximum atomic E-state index is 12.2. The van der Waals surface area contributed by atoms with E-state index in [2.05, 4.69) is 22.5 Å². The molecule has 1 aromatic heterocycles. The Morgan fingerprint density at radius 3 is 2.74 bits per heavy atom. The average molecular weight is 358 g/mol. The summed E-state index contributed by atoms with van der Waals surface area (Å²) >= 11 is 1.58. The smallest absolute Gasteiger partial charge is 0.261 e. The van der Waals surface area contributed by atoms with Crippen molar-refractivity contribution in [1.29, 1.82) is 0 Å². The first-order chi connectivity index (χ1) is 10.5. The van der Waals surface area contributed by atoms with Gasteiger partial charge >= 0.3 is 0 Å². The molecule has 2 aliphatic heterocycles. The van der Waals surface area contributed by atoms with Crippen molar-refractivity contribution in [2.45, 2.75) is 39.2 Å². The average Bonchev–Trinajstić information content (AvgIpc) is 3.10. The Kier molecular flexibility index (Phi) is 6.48. The van der Waals surface area contributed by atoms with E-state index >= 15 is 0 Å². The van der Waals surface area contributed by atoms with Crippen molar-refractivity contribution < 1.29 is 4.79 Å². The molecule has 0 saturated carbocycles. The van der Waals surface area contributed by atoms with E-state index in [0.717, 1.165) is 43.9 Å². The van der Waals surface area contributed by atoms with Crippen LogP contribution in [-0.2, 0) is 0 Å². The molecule has 2 N–H and O–H groups in total. The molecule has 23 heavy (non-hydrogen) atoms. The summed E-state index contributed by atoms with van der Waals surface area (Å²) in [6.45, 7) is 10.1. The standard InChI is InChI=1S/C17H27N3OS.ClH/c1-13-3-4-15(22-13)16(21)19-14-5-9-20(10-6-14)12-17(2)7-8-18-11-17;/h3-4,14,18H,5-12H2,1-2H3,(H,19,21);1H. The molecule has 130 valence electrons. The first-order valence-electron chi connectivity index (χ1n) is 8.34. The summed E-state index contributed by atoms with van der Waals surface area (Å²) in [6.07, 6.45) is 3.42. The zero-order valence-electron chi connectivity index (χ0n) is 14.1.